The molecule has 0 aromatic carbocycles. The van der Waals surface area contributed by atoms with E-state index in [9.17, 15) is 4.79 Å². The minimum atomic E-state index is -0.406. The maximum atomic E-state index is 12.7. The molecule has 0 bridgehead atoms. The van der Waals surface area contributed by atoms with Crippen LogP contribution in [0.5, 0.6) is 0 Å². The number of carbonyl (C=O) groups is 1. The molecule has 4 aromatic rings. The smallest absolute Gasteiger partial charge is 0.339 e. The van der Waals surface area contributed by atoms with Gasteiger partial charge in [0, 0.05) is 12.7 Å². The van der Waals surface area contributed by atoms with Crippen molar-refractivity contribution in [1.82, 2.24) is 19.7 Å². The van der Waals surface area contributed by atoms with E-state index in [4.69, 9.17) is 9.72 Å². The van der Waals surface area contributed by atoms with Crippen LogP contribution in [0.15, 0.2) is 54.2 Å². The van der Waals surface area contributed by atoms with E-state index >= 15 is 0 Å². The van der Waals surface area contributed by atoms with Crippen molar-refractivity contribution in [3.63, 3.8) is 0 Å². The molecular weight excluding hydrogens is 348 g/mol. The molecule has 0 radical (unpaired) electrons. The summed E-state index contributed by atoms with van der Waals surface area (Å²) in [7, 11) is 0. The summed E-state index contributed by atoms with van der Waals surface area (Å²) < 4.78 is 7.25. The first kappa shape index (κ1) is 16.4. The van der Waals surface area contributed by atoms with Gasteiger partial charge in [0.2, 0.25) is 0 Å². The third-order valence-corrected chi connectivity index (χ3v) is 4.87. The van der Waals surface area contributed by atoms with Crippen LogP contribution in [0.1, 0.15) is 23.0 Å². The van der Waals surface area contributed by atoms with Crippen LogP contribution in [0.3, 0.4) is 0 Å². The molecule has 0 fully saturated rings. The standard InChI is InChI=1S/C19H16N4O2S/c1-2-23-18-15(11-21-23)14(10-16(22-18)17-7-5-9-26-17)19(24)25-12-13-6-3-4-8-20-13/h3-11H,2,12H2,1H3. The Morgan fingerprint density at radius 3 is 2.92 bits per heavy atom. The number of carbonyl (C=O) groups excluding carboxylic acids is 1. The fraction of sp³-hybridized carbons (Fsp3) is 0.158. The van der Waals surface area contributed by atoms with Crippen molar-refractivity contribution in [2.24, 2.45) is 0 Å². The van der Waals surface area contributed by atoms with Crippen molar-refractivity contribution in [2.45, 2.75) is 20.1 Å². The Hall–Kier alpha value is -3.06. The number of hydrogen-bond acceptors (Lipinski definition) is 6. The quantitative estimate of drug-likeness (QED) is 0.502. The molecule has 0 N–H and O–H groups in total. The number of aryl methyl sites for hydroxylation is 1. The van der Waals surface area contributed by atoms with Gasteiger partial charge in [-0.3, -0.25) is 4.98 Å². The summed E-state index contributed by atoms with van der Waals surface area (Å²) in [6.45, 7) is 2.79. The van der Waals surface area contributed by atoms with Gasteiger partial charge >= 0.3 is 5.97 Å². The molecule has 0 saturated carbocycles. The second kappa shape index (κ2) is 7.05. The molecule has 0 aliphatic heterocycles. The lowest BCUT2D eigenvalue weighted by molar-refractivity contribution is 0.0470. The van der Waals surface area contributed by atoms with Gasteiger partial charge in [-0.15, -0.1) is 11.3 Å². The second-order valence-corrected chi connectivity index (χ2v) is 6.57. The van der Waals surface area contributed by atoms with E-state index < -0.39 is 5.97 Å². The van der Waals surface area contributed by atoms with Crippen LogP contribution in [0.2, 0.25) is 0 Å². The zero-order valence-corrected chi connectivity index (χ0v) is 14.9. The van der Waals surface area contributed by atoms with E-state index in [1.54, 1.807) is 34.5 Å². The number of thiophene rings is 1. The number of esters is 1. The molecule has 0 atom stereocenters. The molecule has 26 heavy (non-hydrogen) atoms. The van der Waals surface area contributed by atoms with Gasteiger partial charge in [0.15, 0.2) is 5.65 Å². The largest absolute Gasteiger partial charge is 0.456 e. The van der Waals surface area contributed by atoms with Crippen molar-refractivity contribution in [3.8, 4) is 10.6 Å². The molecule has 0 aliphatic rings. The van der Waals surface area contributed by atoms with Crippen molar-refractivity contribution in [1.29, 1.82) is 0 Å². The first-order chi connectivity index (χ1) is 12.8. The van der Waals surface area contributed by atoms with Gasteiger partial charge in [-0.2, -0.15) is 5.10 Å². The summed E-state index contributed by atoms with van der Waals surface area (Å²) in [5, 5.41) is 7.01. The van der Waals surface area contributed by atoms with Crippen LogP contribution in [0, 0.1) is 0 Å². The molecule has 0 unspecified atom stereocenters. The Morgan fingerprint density at radius 2 is 2.19 bits per heavy atom. The highest BCUT2D eigenvalue weighted by atomic mass is 32.1. The lowest BCUT2D eigenvalue weighted by Crippen LogP contribution is -2.08. The Balaban J connectivity index is 1.73. The molecule has 6 nitrogen and oxygen atoms in total. The molecule has 4 aromatic heterocycles. The zero-order chi connectivity index (χ0) is 17.9. The van der Waals surface area contributed by atoms with E-state index in [2.05, 4.69) is 10.1 Å². The Labute approximate surface area is 154 Å². The fourth-order valence-corrected chi connectivity index (χ4v) is 3.39. The predicted molar refractivity (Wildman–Crippen MR) is 99.9 cm³/mol. The summed E-state index contributed by atoms with van der Waals surface area (Å²) >= 11 is 1.58. The lowest BCUT2D eigenvalue weighted by Gasteiger charge is -2.08. The van der Waals surface area contributed by atoms with Crippen LogP contribution in [0.4, 0.5) is 0 Å². The number of rotatable bonds is 5. The SMILES string of the molecule is CCn1ncc2c(C(=O)OCc3ccccn3)cc(-c3cccs3)nc21. The average molecular weight is 364 g/mol. The lowest BCUT2D eigenvalue weighted by atomic mass is 10.1. The number of aromatic nitrogens is 4. The Bertz CT molecular complexity index is 1040. The van der Waals surface area contributed by atoms with E-state index in [1.807, 2.05) is 42.6 Å². The van der Waals surface area contributed by atoms with Crippen LogP contribution in [0.25, 0.3) is 21.6 Å². The van der Waals surface area contributed by atoms with Crippen molar-refractivity contribution < 1.29 is 9.53 Å². The van der Waals surface area contributed by atoms with Crippen LogP contribution >= 0.6 is 11.3 Å². The minimum absolute atomic E-state index is 0.125. The third-order valence-electron chi connectivity index (χ3n) is 3.98. The molecule has 130 valence electrons. The maximum absolute atomic E-state index is 12.7. The first-order valence-corrected chi connectivity index (χ1v) is 9.11. The molecule has 0 amide bonds. The van der Waals surface area contributed by atoms with Crippen molar-refractivity contribution in [2.75, 3.05) is 0 Å². The van der Waals surface area contributed by atoms with Gasteiger partial charge in [-0.1, -0.05) is 12.1 Å². The number of hydrogen-bond donors (Lipinski definition) is 0. The Kier molecular flexibility index (Phi) is 4.45. The van der Waals surface area contributed by atoms with Gasteiger partial charge in [0.25, 0.3) is 0 Å². The number of pyridine rings is 2. The highest BCUT2D eigenvalue weighted by Gasteiger charge is 2.18. The van der Waals surface area contributed by atoms with Crippen molar-refractivity contribution in [3.05, 3.63) is 65.4 Å². The normalized spacial score (nSPS) is 11.0. The summed E-state index contributed by atoms with van der Waals surface area (Å²) in [6.07, 6.45) is 3.34. The molecule has 0 spiro atoms. The first-order valence-electron chi connectivity index (χ1n) is 8.23. The molecule has 4 rings (SSSR count). The molecule has 7 heteroatoms. The van der Waals surface area contributed by atoms with Gasteiger partial charge in [-0.25, -0.2) is 14.5 Å². The van der Waals surface area contributed by atoms with Gasteiger partial charge < -0.3 is 4.74 Å². The Morgan fingerprint density at radius 1 is 1.27 bits per heavy atom. The molecule has 0 aliphatic carbocycles. The van der Waals surface area contributed by atoms with E-state index in [-0.39, 0.29) is 6.61 Å². The average Bonchev–Trinajstić information content (AvgIpc) is 3.35. The van der Waals surface area contributed by atoms with Crippen LogP contribution in [-0.4, -0.2) is 25.7 Å². The van der Waals surface area contributed by atoms with Crippen molar-refractivity contribution >= 4 is 28.3 Å². The van der Waals surface area contributed by atoms with E-state index in [1.165, 1.54) is 0 Å². The highest BCUT2D eigenvalue weighted by Crippen LogP contribution is 2.28. The molecule has 4 heterocycles. The maximum Gasteiger partial charge on any atom is 0.339 e. The van der Waals surface area contributed by atoms with Crippen LogP contribution in [-0.2, 0) is 17.9 Å². The number of fused-ring (bicyclic) bond motifs is 1. The summed E-state index contributed by atoms with van der Waals surface area (Å²) in [5.74, 6) is -0.406. The topological polar surface area (TPSA) is 69.9 Å². The van der Waals surface area contributed by atoms with Gasteiger partial charge in [0.1, 0.15) is 6.61 Å². The highest BCUT2D eigenvalue weighted by molar-refractivity contribution is 7.13. The van der Waals surface area contributed by atoms with Crippen LogP contribution < -0.4 is 0 Å². The molecular formula is C19H16N4O2S. The summed E-state index contributed by atoms with van der Waals surface area (Å²) in [5.41, 5.74) is 2.60. The summed E-state index contributed by atoms with van der Waals surface area (Å²) in [4.78, 5) is 22.6. The summed E-state index contributed by atoms with van der Waals surface area (Å²) in [6, 6.07) is 11.2. The molecule has 0 saturated heterocycles. The van der Waals surface area contributed by atoms with Gasteiger partial charge in [-0.05, 0) is 36.6 Å². The monoisotopic (exact) mass is 364 g/mol. The fourth-order valence-electron chi connectivity index (χ4n) is 2.70. The predicted octanol–water partition coefficient (Wildman–Crippen LogP) is 3.93. The van der Waals surface area contributed by atoms with E-state index in [0.29, 0.717) is 28.8 Å². The minimum Gasteiger partial charge on any atom is -0.456 e. The van der Waals surface area contributed by atoms with E-state index in [0.717, 1.165) is 10.6 Å². The zero-order valence-electron chi connectivity index (χ0n) is 14.1. The third kappa shape index (κ3) is 3.09. The number of nitrogens with zero attached hydrogens (tertiary/aromatic N) is 4. The second-order valence-electron chi connectivity index (χ2n) is 5.63. The number of ether oxygens (including phenoxy) is 1. The van der Waals surface area contributed by atoms with Gasteiger partial charge in [0.05, 0.1) is 33.4 Å².